The first-order valence-corrected chi connectivity index (χ1v) is 11.6. The van der Waals surface area contributed by atoms with Crippen molar-refractivity contribution < 1.29 is 10.2 Å². The third-order valence-electron chi connectivity index (χ3n) is 10.5. The molecule has 150 valence electrons. The predicted octanol–water partition coefficient (Wildman–Crippen LogP) is 5.41. The highest BCUT2D eigenvalue weighted by Crippen LogP contribution is 2.68. The summed E-state index contributed by atoms with van der Waals surface area (Å²) in [6.07, 6.45) is 12.5. The highest BCUT2D eigenvalue weighted by Gasteiger charge is 2.61. The molecule has 26 heavy (non-hydrogen) atoms. The van der Waals surface area contributed by atoms with Crippen LogP contribution in [0, 0.1) is 46.3 Å². The number of hydrogen-bond acceptors (Lipinski definition) is 2. The van der Waals surface area contributed by atoms with Gasteiger partial charge in [0.05, 0.1) is 5.60 Å². The summed E-state index contributed by atoms with van der Waals surface area (Å²) in [4.78, 5) is 0. The molecule has 0 amide bonds. The topological polar surface area (TPSA) is 40.5 Å². The van der Waals surface area contributed by atoms with E-state index in [1.165, 1.54) is 44.9 Å². The Labute approximate surface area is 161 Å². The third kappa shape index (κ3) is 2.65. The van der Waals surface area contributed by atoms with E-state index in [0.717, 1.165) is 48.9 Å². The van der Waals surface area contributed by atoms with Crippen LogP contribution in [0.4, 0.5) is 0 Å². The molecule has 4 saturated carbocycles. The van der Waals surface area contributed by atoms with Crippen molar-refractivity contribution in [3.8, 4) is 0 Å². The Morgan fingerprint density at radius 1 is 0.923 bits per heavy atom. The van der Waals surface area contributed by atoms with Crippen LogP contribution in [0.5, 0.6) is 0 Å². The fourth-order valence-electron chi connectivity index (χ4n) is 8.75. The molecule has 4 fully saturated rings. The predicted molar refractivity (Wildman–Crippen MR) is 107 cm³/mol. The zero-order valence-electron chi connectivity index (χ0n) is 17.6. The Hall–Kier alpha value is -0.0800. The first kappa shape index (κ1) is 19.2. The molecule has 0 heterocycles. The Kier molecular flexibility index (Phi) is 4.79. The van der Waals surface area contributed by atoms with Gasteiger partial charge in [0, 0.05) is 6.61 Å². The van der Waals surface area contributed by atoms with Gasteiger partial charge in [0.2, 0.25) is 0 Å². The molecule has 0 aromatic rings. The number of aliphatic hydroxyl groups is 2. The van der Waals surface area contributed by atoms with Crippen molar-refractivity contribution in [3.63, 3.8) is 0 Å². The van der Waals surface area contributed by atoms with E-state index >= 15 is 0 Å². The van der Waals surface area contributed by atoms with Crippen molar-refractivity contribution in [3.05, 3.63) is 0 Å². The molecule has 0 saturated heterocycles. The minimum absolute atomic E-state index is 0.358. The summed E-state index contributed by atoms with van der Waals surface area (Å²) in [5.74, 6) is 4.58. The number of fused-ring (bicyclic) bond motifs is 5. The quantitative estimate of drug-likeness (QED) is 0.704. The summed E-state index contributed by atoms with van der Waals surface area (Å²) in [5.41, 5.74) is 0.548. The van der Waals surface area contributed by atoms with Gasteiger partial charge in [-0.05, 0) is 111 Å². The largest absolute Gasteiger partial charge is 0.396 e. The molecule has 0 radical (unpaired) electrons. The molecule has 9 atom stereocenters. The van der Waals surface area contributed by atoms with E-state index < -0.39 is 0 Å². The van der Waals surface area contributed by atoms with E-state index in [1.807, 2.05) is 0 Å². The molecule has 2 N–H and O–H groups in total. The van der Waals surface area contributed by atoms with Crippen LogP contribution in [0.3, 0.4) is 0 Å². The maximum absolute atomic E-state index is 10.9. The van der Waals surface area contributed by atoms with Gasteiger partial charge in [0.15, 0.2) is 0 Å². The highest BCUT2D eigenvalue weighted by molar-refractivity contribution is 5.10. The van der Waals surface area contributed by atoms with Crippen molar-refractivity contribution in [2.75, 3.05) is 6.61 Å². The molecule has 0 aromatic carbocycles. The summed E-state index contributed by atoms with van der Waals surface area (Å²) in [5, 5.41) is 20.7. The second-order valence-electron chi connectivity index (χ2n) is 11.3. The Balaban J connectivity index is 1.57. The van der Waals surface area contributed by atoms with Crippen LogP contribution in [-0.2, 0) is 0 Å². The van der Waals surface area contributed by atoms with Crippen LogP contribution in [0.2, 0.25) is 0 Å². The van der Waals surface area contributed by atoms with Crippen LogP contribution < -0.4 is 0 Å². The first-order chi connectivity index (χ1) is 12.3. The SMILES string of the molecule is CC[C@@]1(O)CC[C@@]2(C)[C@H](CC[C@@H]3[C@@H]2CC[C@]2(C)[C@@H]([C@H](C)CO)CC[C@@H]32)C1. The van der Waals surface area contributed by atoms with Crippen molar-refractivity contribution in [1.29, 1.82) is 0 Å². The average molecular weight is 363 g/mol. The maximum Gasteiger partial charge on any atom is 0.0648 e. The Morgan fingerprint density at radius 2 is 1.65 bits per heavy atom. The van der Waals surface area contributed by atoms with E-state index in [1.54, 1.807) is 0 Å². The lowest BCUT2D eigenvalue weighted by Gasteiger charge is -2.62. The fraction of sp³-hybridized carbons (Fsp3) is 1.00. The molecule has 2 heteroatoms. The van der Waals surface area contributed by atoms with Gasteiger partial charge in [0.25, 0.3) is 0 Å². The number of hydrogen-bond donors (Lipinski definition) is 2. The van der Waals surface area contributed by atoms with Gasteiger partial charge in [-0.1, -0.05) is 27.7 Å². The monoisotopic (exact) mass is 362 g/mol. The van der Waals surface area contributed by atoms with Crippen LogP contribution >= 0.6 is 0 Å². The van der Waals surface area contributed by atoms with E-state index in [0.29, 0.717) is 23.4 Å². The fourth-order valence-corrected chi connectivity index (χ4v) is 8.75. The standard InChI is InChI=1S/C24H42O2/c1-5-24(26)13-12-22(3)17(14-24)6-7-18-20-9-8-19(16(2)15-25)23(20,4)11-10-21(18)22/h16-21,25-26H,5-15H2,1-4H3/t16-,17-,18+,19-,20+,21+,22+,23-,24-/m1/s1. The minimum Gasteiger partial charge on any atom is -0.396 e. The molecule has 0 aromatic heterocycles. The Bertz CT molecular complexity index is 532. The summed E-state index contributed by atoms with van der Waals surface area (Å²) in [6, 6.07) is 0. The number of aliphatic hydroxyl groups excluding tert-OH is 1. The van der Waals surface area contributed by atoms with Gasteiger partial charge >= 0.3 is 0 Å². The lowest BCUT2D eigenvalue weighted by molar-refractivity contribution is -0.153. The molecule has 2 nitrogen and oxygen atoms in total. The molecule has 4 aliphatic carbocycles. The molecule has 0 bridgehead atoms. The molecular weight excluding hydrogens is 320 g/mol. The van der Waals surface area contributed by atoms with Gasteiger partial charge in [-0.25, -0.2) is 0 Å². The zero-order chi connectivity index (χ0) is 18.7. The third-order valence-corrected chi connectivity index (χ3v) is 10.5. The summed E-state index contributed by atoms with van der Waals surface area (Å²) >= 11 is 0. The second-order valence-corrected chi connectivity index (χ2v) is 11.3. The van der Waals surface area contributed by atoms with Gasteiger partial charge in [-0.15, -0.1) is 0 Å². The summed E-state index contributed by atoms with van der Waals surface area (Å²) < 4.78 is 0. The molecule has 0 spiro atoms. The van der Waals surface area contributed by atoms with Gasteiger partial charge < -0.3 is 10.2 Å². The van der Waals surface area contributed by atoms with Gasteiger partial charge in [-0.2, -0.15) is 0 Å². The summed E-state index contributed by atoms with van der Waals surface area (Å²) in [7, 11) is 0. The molecule has 4 rings (SSSR count). The normalized spacial score (nSPS) is 54.9. The van der Waals surface area contributed by atoms with Crippen molar-refractivity contribution in [2.24, 2.45) is 46.3 Å². The summed E-state index contributed by atoms with van der Waals surface area (Å²) in [6.45, 7) is 9.96. The molecule has 4 aliphatic rings. The highest BCUT2D eigenvalue weighted by atomic mass is 16.3. The van der Waals surface area contributed by atoms with E-state index in [-0.39, 0.29) is 5.60 Å². The maximum atomic E-state index is 10.9. The number of rotatable bonds is 3. The lowest BCUT2D eigenvalue weighted by atomic mass is 9.43. The smallest absolute Gasteiger partial charge is 0.0648 e. The molecule has 0 aliphatic heterocycles. The van der Waals surface area contributed by atoms with Gasteiger partial charge in [0.1, 0.15) is 0 Å². The van der Waals surface area contributed by atoms with Crippen LogP contribution in [0.1, 0.15) is 91.9 Å². The van der Waals surface area contributed by atoms with Crippen molar-refractivity contribution >= 4 is 0 Å². The minimum atomic E-state index is -0.380. The van der Waals surface area contributed by atoms with Crippen LogP contribution in [0.25, 0.3) is 0 Å². The molecular formula is C24H42O2. The van der Waals surface area contributed by atoms with E-state index in [4.69, 9.17) is 0 Å². The van der Waals surface area contributed by atoms with Gasteiger partial charge in [-0.3, -0.25) is 0 Å². The lowest BCUT2D eigenvalue weighted by Crippen LogP contribution is -2.56. The molecule has 0 unspecified atom stereocenters. The van der Waals surface area contributed by atoms with Crippen molar-refractivity contribution in [2.45, 2.75) is 97.5 Å². The van der Waals surface area contributed by atoms with Crippen molar-refractivity contribution in [1.82, 2.24) is 0 Å². The average Bonchev–Trinajstić information content (AvgIpc) is 2.99. The van der Waals surface area contributed by atoms with E-state index in [9.17, 15) is 10.2 Å². The first-order valence-electron chi connectivity index (χ1n) is 11.6. The van der Waals surface area contributed by atoms with Crippen LogP contribution in [-0.4, -0.2) is 22.4 Å². The Morgan fingerprint density at radius 3 is 2.35 bits per heavy atom. The van der Waals surface area contributed by atoms with E-state index in [2.05, 4.69) is 27.7 Å². The van der Waals surface area contributed by atoms with Crippen LogP contribution in [0.15, 0.2) is 0 Å². The zero-order valence-corrected chi connectivity index (χ0v) is 17.6. The second kappa shape index (κ2) is 6.48.